The Balaban J connectivity index is 1.86. The van der Waals surface area contributed by atoms with Crippen LogP contribution in [0.3, 0.4) is 0 Å². The lowest BCUT2D eigenvalue weighted by Gasteiger charge is -2.18. The molecule has 2 N–H and O–H groups in total. The maximum absolute atomic E-state index is 9.99. The monoisotopic (exact) mass is 558 g/mol. The number of terminal acetylenes is 1. The fourth-order valence-electron chi connectivity index (χ4n) is 4.75. The highest BCUT2D eigenvalue weighted by molar-refractivity contribution is 6.89. The van der Waals surface area contributed by atoms with Crippen molar-refractivity contribution < 1.29 is 10.2 Å². The molecule has 0 saturated heterocycles. The Labute approximate surface area is 241 Å². The van der Waals surface area contributed by atoms with Crippen molar-refractivity contribution in [2.24, 2.45) is 0 Å². The van der Waals surface area contributed by atoms with Gasteiger partial charge in [-0.3, -0.25) is 0 Å². The molecular formula is C36H38O2Si2. The predicted molar refractivity (Wildman–Crippen MR) is 175 cm³/mol. The average molecular weight is 559 g/mol. The van der Waals surface area contributed by atoms with Crippen LogP contribution < -0.4 is 10.4 Å². The van der Waals surface area contributed by atoms with Crippen molar-refractivity contribution in [2.75, 3.05) is 0 Å². The Morgan fingerprint density at radius 1 is 0.550 bits per heavy atom. The molecule has 40 heavy (non-hydrogen) atoms. The van der Waals surface area contributed by atoms with Crippen molar-refractivity contribution in [3.63, 3.8) is 0 Å². The van der Waals surface area contributed by atoms with Crippen LogP contribution >= 0.6 is 0 Å². The second-order valence-electron chi connectivity index (χ2n) is 12.3. The van der Waals surface area contributed by atoms with Gasteiger partial charge in [0.2, 0.25) is 0 Å². The van der Waals surface area contributed by atoms with Crippen molar-refractivity contribution in [1.82, 2.24) is 0 Å². The van der Waals surface area contributed by atoms with E-state index in [0.29, 0.717) is 22.3 Å². The van der Waals surface area contributed by atoms with Crippen molar-refractivity contribution in [1.29, 1.82) is 0 Å². The molecule has 0 amide bonds. The molecule has 0 bridgehead atoms. The molecule has 0 aliphatic heterocycles. The summed E-state index contributed by atoms with van der Waals surface area (Å²) in [6.07, 6.45) is 5.58. The first-order chi connectivity index (χ1) is 18.9. The van der Waals surface area contributed by atoms with Gasteiger partial charge in [-0.05, 0) is 63.7 Å². The lowest BCUT2D eigenvalue weighted by molar-refractivity contribution is 0.274. The molecule has 4 heteroatoms. The van der Waals surface area contributed by atoms with Gasteiger partial charge in [0.1, 0.15) is 0 Å². The van der Waals surface area contributed by atoms with E-state index in [4.69, 9.17) is 6.42 Å². The molecule has 4 aromatic carbocycles. The summed E-state index contributed by atoms with van der Waals surface area (Å²) in [5, 5.41) is 22.8. The maximum Gasteiger partial charge on any atom is 0.0775 e. The molecule has 0 spiro atoms. The number of hydrogen-bond acceptors (Lipinski definition) is 2. The van der Waals surface area contributed by atoms with Crippen LogP contribution in [-0.4, -0.2) is 26.4 Å². The summed E-state index contributed by atoms with van der Waals surface area (Å²) >= 11 is 0. The van der Waals surface area contributed by atoms with Crippen LogP contribution in [0.15, 0.2) is 78.9 Å². The van der Waals surface area contributed by atoms with E-state index in [1.54, 1.807) is 12.1 Å². The molecule has 202 valence electrons. The van der Waals surface area contributed by atoms with Crippen LogP contribution in [0, 0.1) is 24.2 Å². The van der Waals surface area contributed by atoms with E-state index < -0.39 is 16.1 Å². The fourth-order valence-corrected chi connectivity index (χ4v) is 7.09. The van der Waals surface area contributed by atoms with Crippen LogP contribution in [0.4, 0.5) is 0 Å². The number of aliphatic hydroxyl groups is 2. The molecule has 0 radical (unpaired) electrons. The molecule has 0 saturated carbocycles. The Kier molecular flexibility index (Phi) is 8.69. The number of hydrogen-bond donors (Lipinski definition) is 2. The first-order valence-corrected chi connectivity index (χ1v) is 20.7. The predicted octanol–water partition coefficient (Wildman–Crippen LogP) is 6.48. The van der Waals surface area contributed by atoms with E-state index in [-0.39, 0.29) is 13.2 Å². The van der Waals surface area contributed by atoms with Crippen molar-refractivity contribution >= 4 is 26.5 Å². The molecule has 0 aromatic heterocycles. The van der Waals surface area contributed by atoms with E-state index >= 15 is 0 Å². The molecule has 2 nitrogen and oxygen atoms in total. The summed E-state index contributed by atoms with van der Waals surface area (Å²) in [4.78, 5) is 0. The zero-order valence-electron chi connectivity index (χ0n) is 24.4. The molecular weight excluding hydrogens is 521 g/mol. The highest BCUT2D eigenvalue weighted by atomic mass is 28.3. The third-order valence-electron chi connectivity index (χ3n) is 7.24. The van der Waals surface area contributed by atoms with Gasteiger partial charge in [-0.1, -0.05) is 116 Å². The minimum absolute atomic E-state index is 0.204. The summed E-state index contributed by atoms with van der Waals surface area (Å²) in [6.45, 7) is 13.7. The lowest BCUT2D eigenvalue weighted by atomic mass is 9.95. The summed E-state index contributed by atoms with van der Waals surface area (Å²) in [5.74, 6) is 9.16. The SMILES string of the molecule is C#Cc1cc(CO)c(C#Cc2cc(-c3ccc([Si](C)(C)C)cc3)cc(-c3ccc([Si](C)(C)C)cc3)c2)c(CO)c1. The summed E-state index contributed by atoms with van der Waals surface area (Å²) in [5.41, 5.74) is 7.84. The smallest absolute Gasteiger partial charge is 0.0775 e. The first kappa shape index (κ1) is 29.3. The van der Waals surface area contributed by atoms with Gasteiger partial charge in [-0.2, -0.15) is 0 Å². The van der Waals surface area contributed by atoms with Crippen molar-refractivity contribution in [2.45, 2.75) is 52.5 Å². The molecule has 0 unspecified atom stereocenters. The zero-order chi connectivity index (χ0) is 29.1. The standard InChI is InChI=1S/C36H38O2Si2/c1-8-26-19-32(24-37)36(33(20-26)25-38)18-9-27-21-30(28-10-14-34(15-11-28)39(2,3)4)23-31(22-27)29-12-16-35(17-13-29)40(5,6)7/h1,10-17,19-23,37-38H,24-25H2,2-7H3. The second kappa shape index (κ2) is 11.8. The van der Waals surface area contributed by atoms with E-state index in [1.165, 1.54) is 10.4 Å². The average Bonchev–Trinajstić information content (AvgIpc) is 2.94. The van der Waals surface area contributed by atoms with Gasteiger partial charge in [-0.15, -0.1) is 6.42 Å². The van der Waals surface area contributed by atoms with Gasteiger partial charge in [0.25, 0.3) is 0 Å². The number of aliphatic hydroxyl groups excluding tert-OH is 2. The van der Waals surface area contributed by atoms with E-state index in [1.807, 2.05) is 0 Å². The molecule has 4 aromatic rings. The minimum atomic E-state index is -1.40. The van der Waals surface area contributed by atoms with Gasteiger partial charge in [0.05, 0.1) is 29.4 Å². The maximum atomic E-state index is 9.99. The van der Waals surface area contributed by atoms with Gasteiger partial charge in [0, 0.05) is 16.7 Å². The van der Waals surface area contributed by atoms with Crippen LogP contribution in [0.5, 0.6) is 0 Å². The van der Waals surface area contributed by atoms with Gasteiger partial charge in [-0.25, -0.2) is 0 Å². The van der Waals surface area contributed by atoms with E-state index in [2.05, 4.69) is 124 Å². The summed E-state index contributed by atoms with van der Waals surface area (Å²) < 4.78 is 0. The first-order valence-electron chi connectivity index (χ1n) is 13.7. The Hall–Kier alpha value is -3.65. The van der Waals surface area contributed by atoms with Gasteiger partial charge >= 0.3 is 0 Å². The van der Waals surface area contributed by atoms with Gasteiger partial charge < -0.3 is 10.2 Å². The largest absolute Gasteiger partial charge is 0.392 e. The molecule has 4 rings (SSSR count). The van der Waals surface area contributed by atoms with Crippen molar-refractivity contribution in [3.8, 4) is 46.4 Å². The number of rotatable bonds is 6. The summed E-state index contributed by atoms with van der Waals surface area (Å²) in [7, 11) is -2.80. The Bertz CT molecular complexity index is 1520. The third kappa shape index (κ3) is 6.73. The van der Waals surface area contributed by atoms with Crippen LogP contribution in [-0.2, 0) is 13.2 Å². The molecule has 0 aliphatic carbocycles. The van der Waals surface area contributed by atoms with Crippen LogP contribution in [0.2, 0.25) is 39.3 Å². The van der Waals surface area contributed by atoms with E-state index in [0.717, 1.165) is 27.8 Å². The molecule has 0 heterocycles. The van der Waals surface area contributed by atoms with Gasteiger partial charge in [0.15, 0.2) is 0 Å². The second-order valence-corrected chi connectivity index (χ2v) is 22.5. The van der Waals surface area contributed by atoms with Crippen molar-refractivity contribution in [3.05, 3.63) is 107 Å². The topological polar surface area (TPSA) is 40.5 Å². The Morgan fingerprint density at radius 3 is 1.32 bits per heavy atom. The molecule has 0 fully saturated rings. The quantitative estimate of drug-likeness (QED) is 0.210. The van der Waals surface area contributed by atoms with Crippen LogP contribution in [0.1, 0.15) is 27.8 Å². The third-order valence-corrected chi connectivity index (χ3v) is 11.4. The highest BCUT2D eigenvalue weighted by Crippen LogP contribution is 2.29. The Morgan fingerprint density at radius 2 is 0.975 bits per heavy atom. The number of benzene rings is 4. The molecule has 0 atom stereocenters. The lowest BCUT2D eigenvalue weighted by Crippen LogP contribution is -2.37. The zero-order valence-corrected chi connectivity index (χ0v) is 26.4. The highest BCUT2D eigenvalue weighted by Gasteiger charge is 2.17. The van der Waals surface area contributed by atoms with Crippen LogP contribution in [0.25, 0.3) is 22.3 Å². The minimum Gasteiger partial charge on any atom is -0.392 e. The summed E-state index contributed by atoms with van der Waals surface area (Å²) in [6, 6.07) is 27.9. The normalized spacial score (nSPS) is 11.5. The molecule has 0 aliphatic rings. The fraction of sp³-hybridized carbons (Fsp3) is 0.222. The van der Waals surface area contributed by atoms with E-state index in [9.17, 15) is 10.2 Å².